The number of pyridine rings is 1. The van der Waals surface area contributed by atoms with E-state index in [2.05, 4.69) is 15.9 Å². The molecule has 0 saturated heterocycles. The summed E-state index contributed by atoms with van der Waals surface area (Å²) in [5.74, 6) is -0.0641. The van der Waals surface area contributed by atoms with Gasteiger partial charge in [-0.05, 0) is 27.9 Å². The molecule has 1 atom stereocenters. The fourth-order valence-corrected chi connectivity index (χ4v) is 3.16. The van der Waals surface area contributed by atoms with Crippen LogP contribution >= 0.6 is 15.9 Å². The molecular weight excluding hydrogens is 378 g/mol. The number of aliphatic hydroxyl groups is 1. The van der Waals surface area contributed by atoms with E-state index in [1.165, 1.54) is 20.4 Å². The molecule has 1 aromatic carbocycles. The minimum atomic E-state index is -0.706. The SMILES string of the molecule is COC(=O)c1cn([C@H](CO)C(C)C)c2cc(OC)c(Br)cc2c1=O. The Hall–Kier alpha value is -1.86. The van der Waals surface area contributed by atoms with Crippen LogP contribution in [0.2, 0.25) is 0 Å². The summed E-state index contributed by atoms with van der Waals surface area (Å²) in [6, 6.07) is 3.03. The van der Waals surface area contributed by atoms with E-state index in [9.17, 15) is 14.7 Å². The van der Waals surface area contributed by atoms with Crippen LogP contribution in [-0.4, -0.2) is 36.5 Å². The van der Waals surface area contributed by atoms with Crippen molar-refractivity contribution >= 4 is 32.8 Å². The first kappa shape index (κ1) is 18.5. The summed E-state index contributed by atoms with van der Waals surface area (Å²) in [4.78, 5) is 24.7. The minimum absolute atomic E-state index is 0.0684. The van der Waals surface area contributed by atoms with Crippen LogP contribution in [0.3, 0.4) is 0 Å². The topological polar surface area (TPSA) is 77.8 Å². The maximum Gasteiger partial charge on any atom is 0.343 e. The third kappa shape index (κ3) is 3.18. The highest BCUT2D eigenvalue weighted by atomic mass is 79.9. The smallest absolute Gasteiger partial charge is 0.343 e. The van der Waals surface area contributed by atoms with E-state index in [0.29, 0.717) is 21.1 Å². The molecule has 1 aromatic heterocycles. The van der Waals surface area contributed by atoms with Gasteiger partial charge < -0.3 is 19.1 Å². The first-order valence-electron chi connectivity index (χ1n) is 7.47. The summed E-state index contributed by atoms with van der Waals surface area (Å²) in [5, 5.41) is 10.1. The van der Waals surface area contributed by atoms with Gasteiger partial charge in [0.05, 0.1) is 36.9 Å². The van der Waals surface area contributed by atoms with Crippen molar-refractivity contribution in [1.29, 1.82) is 0 Å². The van der Waals surface area contributed by atoms with E-state index in [1.807, 2.05) is 13.8 Å². The molecule has 0 fully saturated rings. The number of methoxy groups -OCH3 is 2. The van der Waals surface area contributed by atoms with Gasteiger partial charge in [-0.25, -0.2) is 4.79 Å². The largest absolute Gasteiger partial charge is 0.495 e. The van der Waals surface area contributed by atoms with Gasteiger partial charge in [0.1, 0.15) is 11.3 Å². The van der Waals surface area contributed by atoms with Gasteiger partial charge in [0.2, 0.25) is 5.43 Å². The Kier molecular flexibility index (Phi) is 5.66. The number of aliphatic hydroxyl groups excluding tert-OH is 1. The number of hydrogen-bond acceptors (Lipinski definition) is 5. The van der Waals surface area contributed by atoms with Gasteiger partial charge in [-0.2, -0.15) is 0 Å². The molecule has 24 heavy (non-hydrogen) atoms. The van der Waals surface area contributed by atoms with E-state index in [-0.39, 0.29) is 24.1 Å². The standard InChI is InChI=1S/C17H20BrNO5/c1-9(2)14(8-20)19-7-11(17(22)24-4)16(21)10-5-12(18)15(23-3)6-13(10)19/h5-7,9,14,20H,8H2,1-4H3/t14-/m1/s1. The fraction of sp³-hybridized carbons (Fsp3) is 0.412. The second-order valence-corrected chi connectivity index (χ2v) is 6.62. The van der Waals surface area contributed by atoms with E-state index < -0.39 is 11.4 Å². The van der Waals surface area contributed by atoms with Crippen LogP contribution in [0, 0.1) is 5.92 Å². The quantitative estimate of drug-likeness (QED) is 0.784. The highest BCUT2D eigenvalue weighted by Gasteiger charge is 2.22. The molecule has 0 spiro atoms. The molecule has 1 N–H and O–H groups in total. The molecule has 130 valence electrons. The van der Waals surface area contributed by atoms with E-state index in [1.54, 1.807) is 16.7 Å². The van der Waals surface area contributed by atoms with Crippen LogP contribution in [0.5, 0.6) is 5.75 Å². The molecule has 6 nitrogen and oxygen atoms in total. The lowest BCUT2D eigenvalue weighted by atomic mass is 10.0. The first-order valence-corrected chi connectivity index (χ1v) is 8.26. The van der Waals surface area contributed by atoms with Gasteiger partial charge in [-0.3, -0.25) is 4.79 Å². The van der Waals surface area contributed by atoms with E-state index in [0.717, 1.165) is 0 Å². The van der Waals surface area contributed by atoms with Crippen molar-refractivity contribution in [2.45, 2.75) is 19.9 Å². The lowest BCUT2D eigenvalue weighted by Crippen LogP contribution is -2.25. The van der Waals surface area contributed by atoms with Gasteiger partial charge in [0, 0.05) is 17.6 Å². The summed E-state index contributed by atoms with van der Waals surface area (Å²) in [7, 11) is 2.76. The number of esters is 1. The molecule has 0 unspecified atom stereocenters. The van der Waals surface area contributed by atoms with Gasteiger partial charge in [-0.1, -0.05) is 13.8 Å². The van der Waals surface area contributed by atoms with Crippen LogP contribution < -0.4 is 10.2 Å². The number of ether oxygens (including phenoxy) is 2. The summed E-state index contributed by atoms with van der Waals surface area (Å²) < 4.78 is 12.4. The average Bonchev–Trinajstić information content (AvgIpc) is 2.56. The lowest BCUT2D eigenvalue weighted by molar-refractivity contribution is 0.0597. The molecule has 2 rings (SSSR count). The Morgan fingerprint density at radius 3 is 2.50 bits per heavy atom. The van der Waals surface area contributed by atoms with Crippen LogP contribution in [0.1, 0.15) is 30.2 Å². The Balaban J connectivity index is 2.94. The zero-order valence-electron chi connectivity index (χ0n) is 14.0. The van der Waals surface area contributed by atoms with Crippen molar-refractivity contribution in [2.24, 2.45) is 5.92 Å². The Morgan fingerprint density at radius 1 is 1.33 bits per heavy atom. The van der Waals surface area contributed by atoms with E-state index >= 15 is 0 Å². The molecule has 0 bridgehead atoms. The molecule has 0 amide bonds. The second kappa shape index (κ2) is 7.36. The van der Waals surface area contributed by atoms with Crippen LogP contribution in [0.4, 0.5) is 0 Å². The van der Waals surface area contributed by atoms with Crippen molar-refractivity contribution in [1.82, 2.24) is 4.57 Å². The second-order valence-electron chi connectivity index (χ2n) is 5.77. The molecular formula is C17H20BrNO5. The molecule has 0 saturated carbocycles. The molecule has 1 heterocycles. The average molecular weight is 398 g/mol. The summed E-state index contributed by atoms with van der Waals surface area (Å²) in [6.07, 6.45) is 1.45. The van der Waals surface area contributed by atoms with E-state index in [4.69, 9.17) is 9.47 Å². The molecule has 0 aliphatic carbocycles. The monoisotopic (exact) mass is 397 g/mol. The number of benzene rings is 1. The predicted octanol–water partition coefficient (Wildman–Crippen LogP) is 2.75. The van der Waals surface area contributed by atoms with Gasteiger partial charge >= 0.3 is 5.97 Å². The summed E-state index contributed by atoms with van der Waals surface area (Å²) in [5.41, 5.74) is 0.0959. The van der Waals surface area contributed by atoms with Gasteiger partial charge in [-0.15, -0.1) is 0 Å². The van der Waals surface area contributed by atoms with Crippen molar-refractivity contribution in [3.8, 4) is 5.75 Å². The number of carbonyl (C=O) groups excluding carboxylic acids is 1. The molecule has 0 aliphatic rings. The normalized spacial score (nSPS) is 12.5. The van der Waals surface area contributed by atoms with Crippen LogP contribution in [-0.2, 0) is 4.74 Å². The Bertz CT molecular complexity index is 828. The van der Waals surface area contributed by atoms with Gasteiger partial charge in [0.25, 0.3) is 0 Å². The zero-order valence-corrected chi connectivity index (χ0v) is 15.6. The number of aromatic nitrogens is 1. The first-order chi connectivity index (χ1) is 11.3. The predicted molar refractivity (Wildman–Crippen MR) is 94.8 cm³/mol. The number of carbonyl (C=O) groups is 1. The summed E-state index contributed by atoms with van der Waals surface area (Å²) >= 11 is 3.36. The number of nitrogens with zero attached hydrogens (tertiary/aromatic N) is 1. The van der Waals surface area contributed by atoms with Gasteiger partial charge in [0.15, 0.2) is 0 Å². The number of fused-ring (bicyclic) bond motifs is 1. The molecule has 2 aromatic rings. The Morgan fingerprint density at radius 2 is 2.00 bits per heavy atom. The molecule has 0 aliphatic heterocycles. The highest BCUT2D eigenvalue weighted by molar-refractivity contribution is 9.10. The third-order valence-electron chi connectivity index (χ3n) is 4.02. The number of hydrogen-bond donors (Lipinski definition) is 1. The molecule has 0 radical (unpaired) electrons. The zero-order chi connectivity index (χ0) is 18.0. The summed E-state index contributed by atoms with van der Waals surface area (Å²) in [6.45, 7) is 3.78. The van der Waals surface area contributed by atoms with Crippen molar-refractivity contribution in [2.75, 3.05) is 20.8 Å². The van der Waals surface area contributed by atoms with Crippen molar-refractivity contribution in [3.05, 3.63) is 38.6 Å². The minimum Gasteiger partial charge on any atom is -0.495 e. The lowest BCUT2D eigenvalue weighted by Gasteiger charge is -2.25. The number of halogens is 1. The van der Waals surface area contributed by atoms with Crippen molar-refractivity contribution < 1.29 is 19.4 Å². The van der Waals surface area contributed by atoms with Crippen molar-refractivity contribution in [3.63, 3.8) is 0 Å². The number of rotatable bonds is 5. The highest BCUT2D eigenvalue weighted by Crippen LogP contribution is 2.31. The van der Waals surface area contributed by atoms with Crippen LogP contribution in [0.15, 0.2) is 27.6 Å². The Labute approximate surface area is 148 Å². The fourth-order valence-electron chi connectivity index (χ4n) is 2.66. The molecule has 7 heteroatoms. The third-order valence-corrected chi connectivity index (χ3v) is 4.64. The maximum absolute atomic E-state index is 12.7. The maximum atomic E-state index is 12.7. The van der Waals surface area contributed by atoms with Crippen LogP contribution in [0.25, 0.3) is 10.9 Å².